The minimum atomic E-state index is -1.91. The molecule has 5 aromatic carbocycles. The number of benzene rings is 5. The van der Waals surface area contributed by atoms with Gasteiger partial charge in [-0.1, -0.05) is 183 Å². The molecule has 1 aliphatic heterocycles. The predicted molar refractivity (Wildman–Crippen MR) is 421 cm³/mol. The van der Waals surface area contributed by atoms with E-state index in [9.17, 15) is 54.0 Å². The lowest BCUT2D eigenvalue weighted by Gasteiger charge is -2.29. The Labute approximate surface area is 648 Å². The van der Waals surface area contributed by atoms with Gasteiger partial charge in [0.25, 0.3) is 0 Å². The molecule has 29 nitrogen and oxygen atoms in total. The zero-order chi connectivity index (χ0) is 80.0. The molecule has 0 radical (unpaired) electrons. The molecule has 6 aromatic rings. The molecule has 0 aliphatic carbocycles. The molecule has 2 heterocycles. The van der Waals surface area contributed by atoms with E-state index in [0.29, 0.717) is 69.9 Å². The number of rotatable bonds is 24. The fourth-order valence-electron chi connectivity index (χ4n) is 12.6. The van der Waals surface area contributed by atoms with E-state index in [1.165, 1.54) is 6.92 Å². The van der Waals surface area contributed by atoms with Crippen LogP contribution in [0.4, 0.5) is 0 Å². The summed E-state index contributed by atoms with van der Waals surface area (Å²) >= 11 is 0. The van der Waals surface area contributed by atoms with Gasteiger partial charge in [0.05, 0.1) is 24.9 Å². The number of unbranched alkanes of at least 4 members (excludes halogenated alkanes) is 1. The van der Waals surface area contributed by atoms with Gasteiger partial charge in [0.2, 0.25) is 59.1 Å². The van der Waals surface area contributed by atoms with Crippen LogP contribution in [0.2, 0.25) is 0 Å². The van der Waals surface area contributed by atoms with Gasteiger partial charge in [-0.25, -0.2) is 4.79 Å². The smallest absolute Gasteiger partial charge is 0.327 e. The normalized spacial score (nSPS) is 23.3. The van der Waals surface area contributed by atoms with Crippen LogP contribution in [0.1, 0.15) is 94.2 Å². The van der Waals surface area contributed by atoms with E-state index in [4.69, 9.17) is 11.5 Å². The maximum Gasteiger partial charge on any atom is 0.327 e. The number of aliphatic hydroxyl groups is 3. The second-order valence-corrected chi connectivity index (χ2v) is 31.1. The average Bonchev–Trinajstić information content (AvgIpc) is 1.48. The Morgan fingerprint density at radius 2 is 0.818 bits per heavy atom. The van der Waals surface area contributed by atoms with Crippen LogP contribution in [0.5, 0.6) is 0 Å². The number of carboxylic acids is 1. The molecule has 10 amide bonds. The van der Waals surface area contributed by atoms with Crippen molar-refractivity contribution >= 4 is 97.5 Å². The Morgan fingerprint density at radius 1 is 0.445 bits per heavy atom. The molecule has 1 saturated heterocycles. The Morgan fingerprint density at radius 3 is 1.25 bits per heavy atom. The Kier molecular flexibility index (Phi) is 35.2. The standard InChI is InChI=1S/C79H106N14O15S2/c1-46(2)40-93(41-47(3)4)42-54-31-29-53(30-32-54)37-62-74(102)91-67(48(5)95)77(105)88-63(36-52-24-14-9-15-25-52)75(103)92-68(49(6)96)78(106)89-65(43-94)76(104)90-66(79(107)108)45-110-109-44-57(81)69(97)83-59(28-18-19-33-80)70(98)84-60(34-50-20-10-7-11-21-50)71(99)85-61(35-51-22-12-8-13-23-51)72(100)87-64(73(101)86-62)38-55-39-82-58-27-17-16-26-56(55)58/h7-17,20-27,29-32,39,46-49,57,59-68,82,94-96H,18-19,28,33-38,40-45,80-81H2,1-6H3,(H,83,97)(H,84,98)(H,85,99)(H,86,101)(H,87,100)(H,88,105)(H,89,106)(H,90,104)(H,91,102)(H,92,103)(H,107,108)/t48-,49-,57+,59+,60?,61+,62?,63+,64?,65+,66+,67?,68?/m1/s1. The van der Waals surface area contributed by atoms with Crippen molar-refractivity contribution in [3.8, 4) is 0 Å². The number of carbonyl (C=O) groups excluding carboxylic acids is 10. The average molecular weight is 1560 g/mol. The molecule has 0 spiro atoms. The second-order valence-electron chi connectivity index (χ2n) is 28.6. The molecule has 1 aromatic heterocycles. The highest BCUT2D eigenvalue weighted by Crippen LogP contribution is 2.24. The van der Waals surface area contributed by atoms with Gasteiger partial charge < -0.3 is 90.0 Å². The number of H-pyrrole nitrogens is 1. The van der Waals surface area contributed by atoms with Crippen molar-refractivity contribution in [1.29, 1.82) is 0 Å². The number of aliphatic carboxylic acids is 1. The zero-order valence-corrected chi connectivity index (χ0v) is 64.5. The topological polar surface area (TPSA) is 460 Å². The summed E-state index contributed by atoms with van der Waals surface area (Å²) in [6.07, 6.45) is -2.01. The van der Waals surface area contributed by atoms with Crippen LogP contribution >= 0.6 is 21.6 Å². The molecule has 19 N–H and O–H groups in total. The lowest BCUT2D eigenvalue weighted by Crippen LogP contribution is -2.63. The van der Waals surface area contributed by atoms with Crippen LogP contribution in [0.3, 0.4) is 0 Å². The van der Waals surface area contributed by atoms with Gasteiger partial charge >= 0.3 is 5.97 Å². The van der Waals surface area contributed by atoms with Crippen molar-refractivity contribution < 1.29 is 73.2 Å². The number of carbonyl (C=O) groups is 11. The summed E-state index contributed by atoms with van der Waals surface area (Å²) in [6, 6.07) is 22.6. The van der Waals surface area contributed by atoms with Crippen molar-refractivity contribution in [3.05, 3.63) is 179 Å². The molecule has 0 saturated carbocycles. The number of nitrogens with one attached hydrogen (secondary N) is 11. The van der Waals surface area contributed by atoms with Gasteiger partial charge in [-0.3, -0.25) is 52.8 Å². The van der Waals surface area contributed by atoms with Crippen LogP contribution in [0.25, 0.3) is 10.9 Å². The number of nitrogens with zero attached hydrogens (tertiary/aromatic N) is 1. The largest absolute Gasteiger partial charge is 0.480 e. The first kappa shape index (κ1) is 87.5. The van der Waals surface area contributed by atoms with E-state index in [2.05, 4.69) is 90.7 Å². The fourth-order valence-corrected chi connectivity index (χ4v) is 14.8. The minimum Gasteiger partial charge on any atom is -0.480 e. The summed E-state index contributed by atoms with van der Waals surface area (Å²) in [7, 11) is 1.84. The number of aromatic amines is 1. The third-order valence-corrected chi connectivity index (χ3v) is 20.7. The highest BCUT2D eigenvalue weighted by molar-refractivity contribution is 8.76. The Bertz CT molecular complexity index is 4000. The summed E-state index contributed by atoms with van der Waals surface area (Å²) in [6.45, 7) is 12.3. The second kappa shape index (κ2) is 44.2. The summed E-state index contributed by atoms with van der Waals surface area (Å²) in [5.74, 6) is -11.2. The number of carboxylic acid groups (broad SMARTS) is 1. The van der Waals surface area contributed by atoms with Crippen molar-refractivity contribution in [2.24, 2.45) is 23.3 Å². The molecule has 1 aliphatic rings. The number of fused-ring (bicyclic) bond motifs is 1. The van der Waals surface area contributed by atoms with Gasteiger partial charge in [0.1, 0.15) is 60.4 Å². The molecule has 5 unspecified atom stereocenters. The monoisotopic (exact) mass is 1550 g/mol. The number of hydrogen-bond acceptors (Lipinski definition) is 19. The number of nitrogens with two attached hydrogens (primary N) is 2. The SMILES string of the molecule is CC(C)CN(Cc1ccc(CC2NC(=O)C(Cc3c[nH]c4ccccc34)NC(=O)[C@H](Cc3ccccc3)NC(=O)C(Cc3ccccc3)NC(=O)[C@H](CCCCN)NC(=O)[C@@H](N)CSSC[C@@H](C(=O)O)NC(=O)[C@H](CO)NC(=O)C([C@@H](C)O)NC(=O)[C@H](Cc3ccccc3)NC(=O)C([C@@H](C)O)NC2=O)cc1)CC(C)C. The lowest BCUT2D eigenvalue weighted by atomic mass is 9.99. The van der Waals surface area contributed by atoms with Crippen LogP contribution < -0.4 is 64.6 Å². The molecule has 7 rings (SSSR count). The van der Waals surface area contributed by atoms with E-state index in [1.807, 2.05) is 30.3 Å². The van der Waals surface area contributed by atoms with Gasteiger partial charge in [0, 0.05) is 80.3 Å². The highest BCUT2D eigenvalue weighted by atomic mass is 33.1. The molecular weight excluding hydrogens is 1450 g/mol. The van der Waals surface area contributed by atoms with Crippen molar-refractivity contribution in [2.45, 2.75) is 178 Å². The molecule has 594 valence electrons. The summed E-state index contributed by atoms with van der Waals surface area (Å²) < 4.78 is 0. The maximum absolute atomic E-state index is 15.7. The Hall–Kier alpha value is -9.73. The van der Waals surface area contributed by atoms with Gasteiger partial charge in [-0.05, 0) is 90.9 Å². The van der Waals surface area contributed by atoms with Gasteiger partial charge in [-0.15, -0.1) is 0 Å². The number of para-hydroxylation sites is 1. The first-order valence-corrected chi connectivity index (χ1v) is 39.5. The Balaban J connectivity index is 1.33. The highest BCUT2D eigenvalue weighted by Gasteiger charge is 2.39. The molecular formula is C79H106N14O15S2. The third kappa shape index (κ3) is 28.0. The molecule has 31 heteroatoms. The number of hydrogen-bond donors (Lipinski definition) is 17. The number of aliphatic hydroxyl groups excluding tert-OH is 3. The molecule has 13 atom stereocenters. The van der Waals surface area contributed by atoms with Crippen molar-refractivity contribution in [3.63, 3.8) is 0 Å². The summed E-state index contributed by atoms with van der Waals surface area (Å²) in [4.78, 5) is 166. The van der Waals surface area contributed by atoms with E-state index in [0.717, 1.165) is 47.2 Å². The minimum absolute atomic E-state index is 0.0298. The molecule has 1 fully saturated rings. The molecule has 110 heavy (non-hydrogen) atoms. The van der Waals surface area contributed by atoms with Crippen LogP contribution in [-0.4, -0.2) is 212 Å². The van der Waals surface area contributed by atoms with Crippen LogP contribution in [0.15, 0.2) is 146 Å². The van der Waals surface area contributed by atoms with Crippen molar-refractivity contribution in [1.82, 2.24) is 63.1 Å². The van der Waals surface area contributed by atoms with E-state index >= 15 is 19.2 Å². The number of amides is 10. The zero-order valence-electron chi connectivity index (χ0n) is 62.8. The van der Waals surface area contributed by atoms with E-state index < -0.39 is 150 Å². The van der Waals surface area contributed by atoms with Gasteiger partial charge in [0.15, 0.2) is 0 Å². The lowest BCUT2D eigenvalue weighted by molar-refractivity contribution is -0.142. The molecule has 0 bridgehead atoms. The first-order valence-electron chi connectivity index (χ1n) is 37.0. The number of aromatic nitrogens is 1. The van der Waals surface area contributed by atoms with E-state index in [-0.39, 0.29) is 56.6 Å². The summed E-state index contributed by atoms with van der Waals surface area (Å²) in [5.41, 5.74) is 16.7. The summed E-state index contributed by atoms with van der Waals surface area (Å²) in [5, 5.41) is 70.1. The first-order chi connectivity index (χ1) is 52.6. The van der Waals surface area contributed by atoms with Crippen LogP contribution in [-0.2, 0) is 91.4 Å². The quantitative estimate of drug-likeness (QED) is 0.0300. The fraction of sp³-hybridized carbons (Fsp3) is 0.456. The van der Waals surface area contributed by atoms with Crippen molar-refractivity contribution in [2.75, 3.05) is 37.7 Å². The third-order valence-electron chi connectivity index (χ3n) is 18.3. The predicted octanol–water partition coefficient (Wildman–Crippen LogP) is 1.33. The van der Waals surface area contributed by atoms with Crippen LogP contribution in [0, 0.1) is 11.8 Å². The van der Waals surface area contributed by atoms with E-state index in [1.54, 1.807) is 115 Å². The van der Waals surface area contributed by atoms with Gasteiger partial charge in [-0.2, -0.15) is 0 Å². The maximum atomic E-state index is 15.7.